The monoisotopic (exact) mass is 244 g/mol. The second-order valence-corrected chi connectivity index (χ2v) is 4.78. The predicted octanol–water partition coefficient (Wildman–Crippen LogP) is 0.726. The maximum Gasteiger partial charge on any atom is 0.321 e. The third-order valence-electron chi connectivity index (χ3n) is 3.73. The Morgan fingerprint density at radius 1 is 1.59 bits per heavy atom. The number of nitrogens with two attached hydrogens (primary N) is 1. The smallest absolute Gasteiger partial charge is 0.321 e. The van der Waals surface area contributed by atoms with Crippen molar-refractivity contribution in [1.29, 1.82) is 0 Å². The number of carboxylic acids is 1. The third kappa shape index (κ3) is 3.94. The Kier molecular flexibility index (Phi) is 5.36. The molecule has 0 spiro atoms. The molecule has 1 fully saturated rings. The van der Waals surface area contributed by atoms with E-state index in [9.17, 15) is 4.79 Å². The van der Waals surface area contributed by atoms with Gasteiger partial charge in [0.15, 0.2) is 0 Å². The number of nitrogens with one attached hydrogen (secondary N) is 1. The summed E-state index contributed by atoms with van der Waals surface area (Å²) in [6.45, 7) is 5.33. The van der Waals surface area contributed by atoms with Gasteiger partial charge in [-0.3, -0.25) is 4.79 Å². The molecule has 0 aromatic carbocycles. The maximum atomic E-state index is 10.6. The zero-order chi connectivity index (χ0) is 12.9. The van der Waals surface area contributed by atoms with Crippen LogP contribution in [0.4, 0.5) is 0 Å². The normalized spacial score (nSPS) is 25.5. The molecule has 0 aromatic heterocycles. The van der Waals surface area contributed by atoms with Gasteiger partial charge < -0.3 is 20.9 Å². The highest BCUT2D eigenvalue weighted by Crippen LogP contribution is 2.31. The molecule has 17 heavy (non-hydrogen) atoms. The Bertz CT molecular complexity index is 254. The van der Waals surface area contributed by atoms with Gasteiger partial charge in [0.2, 0.25) is 0 Å². The van der Waals surface area contributed by atoms with Crippen molar-refractivity contribution in [2.75, 3.05) is 13.2 Å². The van der Waals surface area contributed by atoms with Gasteiger partial charge in [0, 0.05) is 19.2 Å². The van der Waals surface area contributed by atoms with E-state index in [2.05, 4.69) is 19.2 Å². The summed E-state index contributed by atoms with van der Waals surface area (Å²) in [5.74, 6) is -0.957. The molecule has 0 bridgehead atoms. The molecule has 5 nitrogen and oxygen atoms in total. The number of carboxylic acid groups (broad SMARTS) is 1. The van der Waals surface area contributed by atoms with E-state index in [0.29, 0.717) is 12.6 Å². The van der Waals surface area contributed by atoms with Crippen molar-refractivity contribution in [3.05, 3.63) is 0 Å². The quantitative estimate of drug-likeness (QED) is 0.641. The van der Waals surface area contributed by atoms with Crippen LogP contribution in [0.1, 0.15) is 39.5 Å². The Morgan fingerprint density at radius 3 is 2.76 bits per heavy atom. The lowest BCUT2D eigenvalue weighted by Gasteiger charge is -2.40. The molecular formula is C12H24N2O3. The maximum absolute atomic E-state index is 10.6. The number of hydrogen-bond acceptors (Lipinski definition) is 4. The molecule has 1 saturated heterocycles. The third-order valence-corrected chi connectivity index (χ3v) is 3.73. The number of ether oxygens (including phenoxy) is 1. The van der Waals surface area contributed by atoms with E-state index in [-0.39, 0.29) is 5.60 Å². The second-order valence-electron chi connectivity index (χ2n) is 4.78. The zero-order valence-electron chi connectivity index (χ0n) is 10.7. The highest BCUT2D eigenvalue weighted by Gasteiger charge is 2.34. The molecular weight excluding hydrogens is 220 g/mol. The number of rotatable bonds is 6. The molecule has 0 radical (unpaired) electrons. The van der Waals surface area contributed by atoms with Crippen molar-refractivity contribution in [1.82, 2.24) is 5.32 Å². The first-order chi connectivity index (χ1) is 8.03. The summed E-state index contributed by atoms with van der Waals surface area (Å²) in [4.78, 5) is 10.6. The van der Waals surface area contributed by atoms with Crippen LogP contribution in [-0.4, -0.2) is 41.9 Å². The van der Waals surface area contributed by atoms with Gasteiger partial charge in [-0.05, 0) is 25.7 Å². The van der Waals surface area contributed by atoms with E-state index < -0.39 is 12.0 Å². The Hall–Kier alpha value is -0.650. The van der Waals surface area contributed by atoms with Gasteiger partial charge in [-0.2, -0.15) is 0 Å². The average molecular weight is 244 g/mol. The van der Waals surface area contributed by atoms with E-state index >= 15 is 0 Å². The fraction of sp³-hybridized carbons (Fsp3) is 0.917. The van der Waals surface area contributed by atoms with Gasteiger partial charge in [-0.15, -0.1) is 0 Å². The SMILES string of the molecule is CCC1(CC)CC(NCC(N)C(=O)O)CCO1. The van der Waals surface area contributed by atoms with Crippen molar-refractivity contribution in [3.63, 3.8) is 0 Å². The molecule has 1 heterocycles. The summed E-state index contributed by atoms with van der Waals surface area (Å²) in [6, 6.07) is -0.510. The molecule has 0 aromatic rings. The molecule has 0 aliphatic carbocycles. The van der Waals surface area contributed by atoms with Gasteiger partial charge >= 0.3 is 5.97 Å². The highest BCUT2D eigenvalue weighted by atomic mass is 16.5. The Balaban J connectivity index is 2.42. The first-order valence-corrected chi connectivity index (χ1v) is 6.38. The molecule has 1 aliphatic rings. The van der Waals surface area contributed by atoms with Crippen LogP contribution in [0.5, 0.6) is 0 Å². The van der Waals surface area contributed by atoms with Crippen molar-refractivity contribution >= 4 is 5.97 Å². The van der Waals surface area contributed by atoms with Crippen LogP contribution in [0.25, 0.3) is 0 Å². The van der Waals surface area contributed by atoms with Crippen LogP contribution in [0.15, 0.2) is 0 Å². The second kappa shape index (κ2) is 6.33. The standard InChI is InChI=1S/C12H24N2O3/c1-3-12(4-2)7-9(5-6-17-12)14-8-10(13)11(15)16/h9-10,14H,3-8,13H2,1-2H3,(H,15,16). The van der Waals surface area contributed by atoms with Gasteiger partial charge in [-0.25, -0.2) is 0 Å². The lowest BCUT2D eigenvalue weighted by molar-refractivity contribution is -0.138. The number of hydrogen-bond donors (Lipinski definition) is 3. The summed E-state index contributed by atoms with van der Waals surface area (Å²) in [5, 5.41) is 12.0. The lowest BCUT2D eigenvalue weighted by Crippen LogP contribution is -2.50. The molecule has 1 aliphatic heterocycles. The van der Waals surface area contributed by atoms with Gasteiger partial charge in [-0.1, -0.05) is 13.8 Å². The minimum absolute atomic E-state index is 0.0385. The summed E-state index contributed by atoms with van der Waals surface area (Å²) in [5.41, 5.74) is 5.43. The van der Waals surface area contributed by atoms with E-state index in [1.165, 1.54) is 0 Å². The fourth-order valence-electron chi connectivity index (χ4n) is 2.33. The van der Waals surface area contributed by atoms with Crippen molar-refractivity contribution < 1.29 is 14.6 Å². The Morgan fingerprint density at radius 2 is 2.24 bits per heavy atom. The minimum Gasteiger partial charge on any atom is -0.480 e. The minimum atomic E-state index is -0.957. The topological polar surface area (TPSA) is 84.6 Å². The number of carbonyl (C=O) groups is 1. The molecule has 100 valence electrons. The van der Waals surface area contributed by atoms with Crippen LogP contribution < -0.4 is 11.1 Å². The average Bonchev–Trinajstić information content (AvgIpc) is 2.35. The molecule has 2 unspecified atom stereocenters. The summed E-state index contributed by atoms with van der Waals surface area (Å²) >= 11 is 0. The van der Waals surface area contributed by atoms with Crippen LogP contribution >= 0.6 is 0 Å². The lowest BCUT2D eigenvalue weighted by atomic mass is 9.86. The Labute approximate surface area is 103 Å². The predicted molar refractivity (Wildman–Crippen MR) is 65.9 cm³/mol. The van der Waals surface area contributed by atoms with Crippen molar-refractivity contribution in [2.45, 2.75) is 57.2 Å². The van der Waals surface area contributed by atoms with Crippen LogP contribution in [-0.2, 0) is 9.53 Å². The van der Waals surface area contributed by atoms with Crippen LogP contribution in [0, 0.1) is 0 Å². The summed E-state index contributed by atoms with van der Waals surface area (Å²) in [7, 11) is 0. The number of aliphatic carboxylic acids is 1. The largest absolute Gasteiger partial charge is 0.480 e. The zero-order valence-corrected chi connectivity index (χ0v) is 10.7. The molecule has 5 heteroatoms. The molecule has 2 atom stereocenters. The molecule has 0 amide bonds. The first kappa shape index (κ1) is 14.4. The summed E-state index contributed by atoms with van der Waals surface area (Å²) < 4.78 is 5.86. The van der Waals surface area contributed by atoms with E-state index in [1.54, 1.807) is 0 Å². The van der Waals surface area contributed by atoms with Crippen LogP contribution in [0.3, 0.4) is 0 Å². The fourth-order valence-corrected chi connectivity index (χ4v) is 2.33. The van der Waals surface area contributed by atoms with Gasteiger partial charge in [0.05, 0.1) is 5.60 Å². The molecule has 1 rings (SSSR count). The van der Waals surface area contributed by atoms with Crippen LogP contribution in [0.2, 0.25) is 0 Å². The molecule has 0 saturated carbocycles. The highest BCUT2D eigenvalue weighted by molar-refractivity contribution is 5.73. The van der Waals surface area contributed by atoms with E-state index in [1.807, 2.05) is 0 Å². The van der Waals surface area contributed by atoms with Crippen molar-refractivity contribution in [3.8, 4) is 0 Å². The molecule has 4 N–H and O–H groups in total. The van der Waals surface area contributed by atoms with Gasteiger partial charge in [0.1, 0.15) is 6.04 Å². The first-order valence-electron chi connectivity index (χ1n) is 6.38. The van der Waals surface area contributed by atoms with Gasteiger partial charge in [0.25, 0.3) is 0 Å². The van der Waals surface area contributed by atoms with E-state index in [0.717, 1.165) is 32.3 Å². The van der Waals surface area contributed by atoms with Crippen molar-refractivity contribution in [2.24, 2.45) is 5.73 Å². The van der Waals surface area contributed by atoms with E-state index in [4.69, 9.17) is 15.6 Å². The summed E-state index contributed by atoms with van der Waals surface area (Å²) in [6.07, 6.45) is 3.85.